The minimum absolute atomic E-state index is 0.810. The van der Waals surface area contributed by atoms with Crippen molar-refractivity contribution in [3.63, 3.8) is 0 Å². The highest BCUT2D eigenvalue weighted by atomic mass is 32.1. The standard InChI is InChI=1S/C12H16N4S/c1-3-10-11(13-2)15-8-16-12(10)14-7-9-5-4-6-17-9/h4-6,8H,3,7H2,1-2H3,(H2,13,14,15,16). The van der Waals surface area contributed by atoms with Crippen LogP contribution in [0.1, 0.15) is 17.4 Å². The van der Waals surface area contributed by atoms with Gasteiger partial charge in [-0.2, -0.15) is 0 Å². The van der Waals surface area contributed by atoms with Gasteiger partial charge >= 0.3 is 0 Å². The van der Waals surface area contributed by atoms with E-state index in [9.17, 15) is 0 Å². The van der Waals surface area contributed by atoms with Gasteiger partial charge in [0.25, 0.3) is 0 Å². The van der Waals surface area contributed by atoms with E-state index in [0.29, 0.717) is 0 Å². The van der Waals surface area contributed by atoms with Gasteiger partial charge in [-0.3, -0.25) is 0 Å². The molecule has 5 heteroatoms. The van der Waals surface area contributed by atoms with Crippen LogP contribution < -0.4 is 10.6 Å². The summed E-state index contributed by atoms with van der Waals surface area (Å²) in [5.41, 5.74) is 1.13. The molecule has 0 aliphatic heterocycles. The van der Waals surface area contributed by atoms with Gasteiger partial charge in [-0.1, -0.05) is 13.0 Å². The SMILES string of the molecule is CCc1c(NC)ncnc1NCc1cccs1. The van der Waals surface area contributed by atoms with E-state index in [4.69, 9.17) is 0 Å². The summed E-state index contributed by atoms with van der Waals surface area (Å²) in [4.78, 5) is 9.82. The highest BCUT2D eigenvalue weighted by Gasteiger charge is 2.08. The largest absolute Gasteiger partial charge is 0.373 e. The van der Waals surface area contributed by atoms with Crippen LogP contribution in [0.4, 0.5) is 11.6 Å². The molecule has 0 atom stereocenters. The van der Waals surface area contributed by atoms with E-state index in [2.05, 4.69) is 45.0 Å². The Labute approximate surface area is 105 Å². The summed E-state index contributed by atoms with van der Waals surface area (Å²) in [6.45, 7) is 2.92. The predicted octanol–water partition coefficient (Wildman–Crippen LogP) is 2.75. The highest BCUT2D eigenvalue weighted by Crippen LogP contribution is 2.21. The number of nitrogens with one attached hydrogen (secondary N) is 2. The molecule has 0 saturated carbocycles. The average molecular weight is 248 g/mol. The number of nitrogens with zero attached hydrogens (tertiary/aromatic N) is 2. The average Bonchev–Trinajstić information content (AvgIpc) is 2.88. The molecule has 0 aliphatic rings. The van der Waals surface area contributed by atoms with Crippen LogP contribution in [0.25, 0.3) is 0 Å². The van der Waals surface area contributed by atoms with Crippen LogP contribution in [0, 0.1) is 0 Å². The molecule has 0 aliphatic carbocycles. The van der Waals surface area contributed by atoms with E-state index in [1.54, 1.807) is 17.7 Å². The molecule has 2 N–H and O–H groups in total. The minimum atomic E-state index is 0.810. The van der Waals surface area contributed by atoms with Crippen molar-refractivity contribution >= 4 is 23.0 Å². The zero-order chi connectivity index (χ0) is 12.1. The lowest BCUT2D eigenvalue weighted by Crippen LogP contribution is -2.07. The fourth-order valence-corrected chi connectivity index (χ4v) is 2.34. The van der Waals surface area contributed by atoms with E-state index in [1.807, 2.05) is 7.05 Å². The predicted molar refractivity (Wildman–Crippen MR) is 72.6 cm³/mol. The maximum Gasteiger partial charge on any atom is 0.135 e. The Bertz CT molecular complexity index is 467. The third-order valence-corrected chi connectivity index (χ3v) is 3.42. The number of anilines is 2. The molecule has 2 rings (SSSR count). The summed E-state index contributed by atoms with van der Waals surface area (Å²) in [5, 5.41) is 8.53. The smallest absolute Gasteiger partial charge is 0.135 e. The Morgan fingerprint density at radius 1 is 1.29 bits per heavy atom. The molecular formula is C12H16N4S. The van der Waals surface area contributed by atoms with Crippen molar-refractivity contribution in [1.29, 1.82) is 0 Å². The molecule has 0 bridgehead atoms. The Kier molecular flexibility index (Phi) is 3.93. The first-order valence-electron chi connectivity index (χ1n) is 5.63. The molecule has 0 spiro atoms. The second-order valence-electron chi connectivity index (χ2n) is 3.59. The summed E-state index contributed by atoms with van der Waals surface area (Å²) in [7, 11) is 1.88. The Hall–Kier alpha value is -1.62. The van der Waals surface area contributed by atoms with Gasteiger partial charge in [0, 0.05) is 17.5 Å². The van der Waals surface area contributed by atoms with Crippen molar-refractivity contribution in [2.75, 3.05) is 17.7 Å². The molecule has 0 amide bonds. The zero-order valence-electron chi connectivity index (χ0n) is 10.0. The first kappa shape index (κ1) is 11.9. The molecule has 2 aromatic rings. The lowest BCUT2D eigenvalue weighted by Gasteiger charge is -2.12. The van der Waals surface area contributed by atoms with Crippen LogP contribution in [0.3, 0.4) is 0 Å². The van der Waals surface area contributed by atoms with E-state index >= 15 is 0 Å². The fraction of sp³-hybridized carbons (Fsp3) is 0.333. The van der Waals surface area contributed by atoms with Crippen molar-refractivity contribution in [3.8, 4) is 0 Å². The lowest BCUT2D eigenvalue weighted by molar-refractivity contribution is 1.02. The second kappa shape index (κ2) is 5.63. The zero-order valence-corrected chi connectivity index (χ0v) is 10.8. The van der Waals surface area contributed by atoms with E-state index in [1.165, 1.54) is 4.88 Å². The van der Waals surface area contributed by atoms with E-state index in [-0.39, 0.29) is 0 Å². The molecule has 4 nitrogen and oxygen atoms in total. The molecule has 0 fully saturated rings. The Morgan fingerprint density at radius 3 is 2.76 bits per heavy atom. The number of rotatable bonds is 5. The van der Waals surface area contributed by atoms with E-state index in [0.717, 1.165) is 30.2 Å². The molecule has 0 radical (unpaired) electrons. The van der Waals surface area contributed by atoms with Gasteiger partial charge in [0.05, 0.1) is 6.54 Å². The summed E-state index contributed by atoms with van der Waals surface area (Å²) in [6, 6.07) is 4.17. The van der Waals surface area contributed by atoms with Crippen molar-refractivity contribution in [1.82, 2.24) is 9.97 Å². The van der Waals surface area contributed by atoms with Crippen molar-refractivity contribution in [3.05, 3.63) is 34.3 Å². The maximum absolute atomic E-state index is 4.30. The summed E-state index contributed by atoms with van der Waals surface area (Å²) in [5.74, 6) is 1.82. The number of thiophene rings is 1. The van der Waals surface area contributed by atoms with E-state index < -0.39 is 0 Å². The van der Waals surface area contributed by atoms with Crippen molar-refractivity contribution in [2.24, 2.45) is 0 Å². The van der Waals surface area contributed by atoms with Crippen LogP contribution in [0.2, 0.25) is 0 Å². The van der Waals surface area contributed by atoms with Crippen LogP contribution in [-0.4, -0.2) is 17.0 Å². The quantitative estimate of drug-likeness (QED) is 0.854. The lowest BCUT2D eigenvalue weighted by atomic mass is 10.2. The third kappa shape index (κ3) is 2.74. The van der Waals surface area contributed by atoms with Crippen LogP contribution in [0.15, 0.2) is 23.8 Å². The normalized spacial score (nSPS) is 10.2. The van der Waals surface area contributed by atoms with Crippen LogP contribution >= 0.6 is 11.3 Å². The fourth-order valence-electron chi connectivity index (χ4n) is 1.70. The Morgan fingerprint density at radius 2 is 2.12 bits per heavy atom. The van der Waals surface area contributed by atoms with Gasteiger partial charge in [0.2, 0.25) is 0 Å². The molecule has 2 aromatic heterocycles. The second-order valence-corrected chi connectivity index (χ2v) is 4.62. The van der Waals surface area contributed by atoms with Crippen LogP contribution in [0.5, 0.6) is 0 Å². The summed E-state index contributed by atoms with van der Waals surface area (Å²) in [6.07, 6.45) is 2.49. The van der Waals surface area contributed by atoms with Crippen LogP contribution in [-0.2, 0) is 13.0 Å². The van der Waals surface area contributed by atoms with Gasteiger partial charge in [-0.15, -0.1) is 11.3 Å². The summed E-state index contributed by atoms with van der Waals surface area (Å²) >= 11 is 1.74. The topological polar surface area (TPSA) is 49.8 Å². The number of aromatic nitrogens is 2. The Balaban J connectivity index is 2.14. The van der Waals surface area contributed by atoms with Gasteiger partial charge in [-0.25, -0.2) is 9.97 Å². The monoisotopic (exact) mass is 248 g/mol. The first-order valence-corrected chi connectivity index (χ1v) is 6.51. The van der Waals surface area contributed by atoms with Crippen molar-refractivity contribution in [2.45, 2.75) is 19.9 Å². The van der Waals surface area contributed by atoms with Gasteiger partial charge in [0.1, 0.15) is 18.0 Å². The molecule has 2 heterocycles. The molecule has 90 valence electrons. The van der Waals surface area contributed by atoms with Gasteiger partial charge in [0.15, 0.2) is 0 Å². The summed E-state index contributed by atoms with van der Waals surface area (Å²) < 4.78 is 0. The number of hydrogen-bond donors (Lipinski definition) is 2. The highest BCUT2D eigenvalue weighted by molar-refractivity contribution is 7.09. The number of hydrogen-bond acceptors (Lipinski definition) is 5. The van der Waals surface area contributed by atoms with Crippen molar-refractivity contribution < 1.29 is 0 Å². The van der Waals surface area contributed by atoms with Gasteiger partial charge < -0.3 is 10.6 Å². The van der Waals surface area contributed by atoms with Gasteiger partial charge in [-0.05, 0) is 17.9 Å². The molecule has 0 unspecified atom stereocenters. The molecule has 17 heavy (non-hydrogen) atoms. The third-order valence-electron chi connectivity index (χ3n) is 2.55. The molecule has 0 saturated heterocycles. The first-order chi connectivity index (χ1) is 8.35. The molecule has 0 aromatic carbocycles. The maximum atomic E-state index is 4.30. The molecular weight excluding hydrogens is 232 g/mol. The minimum Gasteiger partial charge on any atom is -0.373 e.